The molecule has 0 aromatic heterocycles. The summed E-state index contributed by atoms with van der Waals surface area (Å²) in [4.78, 5) is 10.9. The van der Waals surface area contributed by atoms with Crippen molar-refractivity contribution in [1.82, 2.24) is 0 Å². The Balaban J connectivity index is 1.96. The lowest BCUT2D eigenvalue weighted by atomic mass is 10.2. The summed E-state index contributed by atoms with van der Waals surface area (Å²) in [5, 5.41) is 8.84. The summed E-state index contributed by atoms with van der Waals surface area (Å²) >= 11 is 0. The third-order valence-corrected chi connectivity index (χ3v) is 4.55. The van der Waals surface area contributed by atoms with E-state index in [1.165, 1.54) is 6.07 Å². The van der Waals surface area contributed by atoms with E-state index < -0.39 is 21.9 Å². The predicted molar refractivity (Wildman–Crippen MR) is 83.2 cm³/mol. The van der Waals surface area contributed by atoms with Crippen LogP contribution in [0, 0.1) is 12.7 Å². The fourth-order valence-electron chi connectivity index (χ4n) is 1.97. The highest BCUT2D eigenvalue weighted by Gasteiger charge is 2.17. The molecule has 6 nitrogen and oxygen atoms in total. The zero-order chi connectivity index (χ0) is 17.7. The molecule has 0 saturated carbocycles. The molecule has 0 atom stereocenters. The van der Waals surface area contributed by atoms with Crippen molar-refractivity contribution in [1.29, 1.82) is 0 Å². The van der Waals surface area contributed by atoms with Crippen LogP contribution in [0.4, 0.5) is 4.39 Å². The molecule has 8 heteroatoms. The molecule has 1 N–H and O–H groups in total. The first-order chi connectivity index (χ1) is 11.3. The highest BCUT2D eigenvalue weighted by Crippen LogP contribution is 2.18. The molecule has 24 heavy (non-hydrogen) atoms. The largest absolute Gasteiger partial charge is 0.491 e. The van der Waals surface area contributed by atoms with Crippen LogP contribution in [0.15, 0.2) is 47.4 Å². The van der Waals surface area contributed by atoms with Crippen molar-refractivity contribution in [2.45, 2.75) is 11.8 Å². The van der Waals surface area contributed by atoms with Gasteiger partial charge in [0.05, 0.1) is 10.5 Å². The second kappa shape index (κ2) is 7.41. The molecule has 0 spiro atoms. The van der Waals surface area contributed by atoms with Gasteiger partial charge in [0.25, 0.3) is 10.1 Å². The van der Waals surface area contributed by atoms with E-state index in [0.29, 0.717) is 5.56 Å². The number of halogens is 1. The summed E-state index contributed by atoms with van der Waals surface area (Å²) in [7, 11) is -3.92. The van der Waals surface area contributed by atoms with E-state index >= 15 is 0 Å². The first-order valence-corrected chi connectivity index (χ1v) is 8.32. The summed E-state index contributed by atoms with van der Waals surface area (Å²) < 4.78 is 47.4. The molecule has 0 bridgehead atoms. The Morgan fingerprint density at radius 2 is 1.88 bits per heavy atom. The van der Waals surface area contributed by atoms with Gasteiger partial charge in [-0.2, -0.15) is 8.42 Å². The van der Waals surface area contributed by atoms with Crippen molar-refractivity contribution in [3.8, 4) is 5.75 Å². The van der Waals surface area contributed by atoms with Crippen LogP contribution < -0.4 is 4.74 Å². The number of aryl methyl sites for hydroxylation is 1. The number of ether oxygens (including phenoxy) is 1. The summed E-state index contributed by atoms with van der Waals surface area (Å²) in [5.74, 6) is -2.08. The van der Waals surface area contributed by atoms with Crippen LogP contribution >= 0.6 is 0 Å². The van der Waals surface area contributed by atoms with Crippen molar-refractivity contribution < 1.29 is 31.6 Å². The average molecular weight is 354 g/mol. The fourth-order valence-corrected chi connectivity index (χ4v) is 3.10. The van der Waals surface area contributed by atoms with Gasteiger partial charge in [-0.05, 0) is 30.7 Å². The van der Waals surface area contributed by atoms with Crippen molar-refractivity contribution in [2.75, 3.05) is 13.2 Å². The van der Waals surface area contributed by atoms with Crippen LogP contribution in [-0.2, 0) is 14.3 Å². The minimum atomic E-state index is -3.92. The zero-order valence-electron chi connectivity index (χ0n) is 12.7. The number of rotatable bonds is 7. The Labute approximate surface area is 138 Å². The molecular weight excluding hydrogens is 339 g/mol. The topological polar surface area (TPSA) is 89.9 Å². The smallest absolute Gasteiger partial charge is 0.335 e. The van der Waals surface area contributed by atoms with Crippen molar-refractivity contribution in [2.24, 2.45) is 0 Å². The van der Waals surface area contributed by atoms with Crippen LogP contribution in [0.1, 0.15) is 15.9 Å². The van der Waals surface area contributed by atoms with E-state index in [1.807, 2.05) is 0 Å². The quantitative estimate of drug-likeness (QED) is 0.607. The molecule has 0 aliphatic carbocycles. The van der Waals surface area contributed by atoms with Crippen molar-refractivity contribution in [3.63, 3.8) is 0 Å². The molecule has 2 rings (SSSR count). The van der Waals surface area contributed by atoms with Gasteiger partial charge >= 0.3 is 5.97 Å². The van der Waals surface area contributed by atoms with Crippen molar-refractivity contribution in [3.05, 3.63) is 59.4 Å². The second-order valence-electron chi connectivity index (χ2n) is 4.87. The van der Waals surface area contributed by atoms with E-state index in [4.69, 9.17) is 14.0 Å². The molecule has 0 amide bonds. The number of benzene rings is 2. The molecule has 0 fully saturated rings. The minimum absolute atomic E-state index is 0.0238. The van der Waals surface area contributed by atoms with Crippen LogP contribution in [-0.4, -0.2) is 32.7 Å². The first kappa shape index (κ1) is 17.9. The summed E-state index contributed by atoms with van der Waals surface area (Å²) in [6.07, 6.45) is 0. The van der Waals surface area contributed by atoms with Gasteiger partial charge in [-0.25, -0.2) is 9.18 Å². The van der Waals surface area contributed by atoms with Gasteiger partial charge in [-0.3, -0.25) is 4.18 Å². The number of carbonyl (C=O) groups is 1. The Hall–Kier alpha value is -2.45. The van der Waals surface area contributed by atoms with Crippen LogP contribution in [0.3, 0.4) is 0 Å². The number of hydrogen-bond acceptors (Lipinski definition) is 5. The molecular formula is C16H15FO6S. The normalized spacial score (nSPS) is 11.2. The van der Waals surface area contributed by atoms with Gasteiger partial charge in [-0.15, -0.1) is 0 Å². The monoisotopic (exact) mass is 354 g/mol. The Morgan fingerprint density at radius 1 is 1.17 bits per heavy atom. The van der Waals surface area contributed by atoms with Gasteiger partial charge in [0.1, 0.15) is 24.8 Å². The number of carboxylic acids is 1. The van der Waals surface area contributed by atoms with Gasteiger partial charge in [0, 0.05) is 6.07 Å². The predicted octanol–water partition coefficient (Wildman–Crippen LogP) is 2.62. The maximum atomic E-state index is 13.3. The lowest BCUT2D eigenvalue weighted by molar-refractivity contribution is 0.0695. The first-order valence-electron chi connectivity index (χ1n) is 6.91. The molecule has 0 saturated heterocycles. The van der Waals surface area contributed by atoms with E-state index in [2.05, 4.69) is 0 Å². The summed E-state index contributed by atoms with van der Waals surface area (Å²) in [5.41, 5.74) is 0.285. The average Bonchev–Trinajstić information content (AvgIpc) is 2.51. The Bertz CT molecular complexity index is 847. The van der Waals surface area contributed by atoms with Gasteiger partial charge in [0.2, 0.25) is 0 Å². The lowest BCUT2D eigenvalue weighted by Crippen LogP contribution is -2.14. The molecule has 0 radical (unpaired) electrons. The minimum Gasteiger partial charge on any atom is -0.491 e. The van der Waals surface area contributed by atoms with Crippen molar-refractivity contribution >= 4 is 16.1 Å². The van der Waals surface area contributed by atoms with Gasteiger partial charge in [-0.1, -0.05) is 18.2 Å². The van der Waals surface area contributed by atoms with E-state index in [1.54, 1.807) is 25.1 Å². The molecule has 0 unspecified atom stereocenters. The van der Waals surface area contributed by atoms with Gasteiger partial charge < -0.3 is 9.84 Å². The van der Waals surface area contributed by atoms with E-state index in [9.17, 15) is 17.6 Å². The molecule has 2 aromatic rings. The fraction of sp³-hybridized carbons (Fsp3) is 0.188. The highest BCUT2D eigenvalue weighted by molar-refractivity contribution is 7.86. The molecule has 2 aromatic carbocycles. The number of hydrogen-bond donors (Lipinski definition) is 1. The van der Waals surface area contributed by atoms with Crippen LogP contribution in [0.2, 0.25) is 0 Å². The lowest BCUT2D eigenvalue weighted by Gasteiger charge is -2.10. The molecule has 128 valence electrons. The zero-order valence-corrected chi connectivity index (χ0v) is 13.5. The maximum Gasteiger partial charge on any atom is 0.335 e. The van der Waals surface area contributed by atoms with Gasteiger partial charge in [0.15, 0.2) is 0 Å². The number of carboxylic acid groups (broad SMARTS) is 1. The van der Waals surface area contributed by atoms with E-state index in [0.717, 1.165) is 18.2 Å². The highest BCUT2D eigenvalue weighted by atomic mass is 32.2. The van der Waals surface area contributed by atoms with E-state index in [-0.39, 0.29) is 29.4 Å². The van der Waals surface area contributed by atoms with Crippen LogP contribution in [0.5, 0.6) is 5.75 Å². The molecule has 0 heterocycles. The Morgan fingerprint density at radius 3 is 2.54 bits per heavy atom. The molecule has 0 aliphatic rings. The SMILES string of the molecule is Cc1ccccc1S(=O)(=O)OCCOc1cc(F)cc(C(=O)O)c1. The maximum absolute atomic E-state index is 13.3. The third kappa shape index (κ3) is 4.53. The third-order valence-electron chi connectivity index (χ3n) is 3.07. The standard InChI is InChI=1S/C16H15FO6S/c1-11-4-2-3-5-15(11)24(20,21)23-7-6-22-14-9-12(16(18)19)8-13(17)10-14/h2-5,8-10H,6-7H2,1H3,(H,18,19). The number of aromatic carboxylic acids is 1. The molecule has 0 aliphatic heterocycles. The summed E-state index contributed by atoms with van der Waals surface area (Å²) in [6, 6.07) is 9.36. The Kier molecular flexibility index (Phi) is 5.53. The second-order valence-corrected chi connectivity index (χ2v) is 6.45. The summed E-state index contributed by atoms with van der Waals surface area (Å²) in [6.45, 7) is 1.16. The van der Waals surface area contributed by atoms with Crippen LogP contribution in [0.25, 0.3) is 0 Å².